The Hall–Kier alpha value is -3.27. The standard InChI is InChI=1S/C29H29ClF3N3O3/c30-23-7-4-20(5-8-23)16-36-17-24(35-15-21-2-1-3-22(12-21)29(31,32)33)14-25(36)28(37)34-11-10-19-6-9-26-27(13-19)39-18-38-26/h1-9,12-13,24-25,35H,10-11,14-18H2,(H,34,37)/t24-,25-/m0/s1. The van der Waals surface area contributed by atoms with Crippen LogP contribution in [0.4, 0.5) is 13.2 Å². The molecule has 0 aliphatic carbocycles. The third kappa shape index (κ3) is 7.03. The molecule has 6 nitrogen and oxygen atoms in total. The highest BCUT2D eigenvalue weighted by molar-refractivity contribution is 6.30. The van der Waals surface area contributed by atoms with Gasteiger partial charge in [0.2, 0.25) is 12.7 Å². The fraction of sp³-hybridized carbons (Fsp3) is 0.345. The number of ether oxygens (including phenoxy) is 2. The molecule has 0 unspecified atom stereocenters. The van der Waals surface area contributed by atoms with Crippen molar-refractivity contribution >= 4 is 17.5 Å². The molecular formula is C29H29ClF3N3O3. The summed E-state index contributed by atoms with van der Waals surface area (Å²) in [4.78, 5) is 15.4. The maximum absolute atomic E-state index is 13.3. The molecule has 2 atom stereocenters. The molecule has 2 aliphatic heterocycles. The van der Waals surface area contributed by atoms with Gasteiger partial charge in [-0.15, -0.1) is 0 Å². The Morgan fingerprint density at radius 1 is 0.974 bits per heavy atom. The van der Waals surface area contributed by atoms with Crippen molar-refractivity contribution in [1.82, 2.24) is 15.5 Å². The Morgan fingerprint density at radius 3 is 2.54 bits per heavy atom. The van der Waals surface area contributed by atoms with Gasteiger partial charge < -0.3 is 20.1 Å². The summed E-state index contributed by atoms with van der Waals surface area (Å²) in [5.74, 6) is 1.35. The molecule has 0 saturated carbocycles. The van der Waals surface area contributed by atoms with Crippen LogP contribution in [0.5, 0.6) is 11.5 Å². The van der Waals surface area contributed by atoms with Gasteiger partial charge in [0.15, 0.2) is 11.5 Å². The summed E-state index contributed by atoms with van der Waals surface area (Å²) in [5.41, 5.74) is 1.93. The molecule has 3 aromatic carbocycles. The number of hydrogen-bond acceptors (Lipinski definition) is 5. The van der Waals surface area contributed by atoms with Crippen molar-refractivity contribution in [3.63, 3.8) is 0 Å². The first-order chi connectivity index (χ1) is 18.7. The number of carbonyl (C=O) groups excluding carboxylic acids is 1. The van der Waals surface area contributed by atoms with E-state index in [1.165, 1.54) is 6.07 Å². The van der Waals surface area contributed by atoms with Crippen LogP contribution in [0.1, 0.15) is 28.7 Å². The lowest BCUT2D eigenvalue weighted by molar-refractivity contribution is -0.137. The first kappa shape index (κ1) is 27.3. The van der Waals surface area contributed by atoms with Gasteiger partial charge >= 0.3 is 6.18 Å². The Morgan fingerprint density at radius 2 is 1.74 bits per heavy atom. The number of fused-ring (bicyclic) bond motifs is 1. The van der Waals surface area contributed by atoms with Crippen LogP contribution in [0.3, 0.4) is 0 Å². The van der Waals surface area contributed by atoms with Crippen LogP contribution in [-0.2, 0) is 30.5 Å². The number of halogens is 4. The molecule has 2 heterocycles. The summed E-state index contributed by atoms with van der Waals surface area (Å²) < 4.78 is 50.1. The number of nitrogens with zero attached hydrogens (tertiary/aromatic N) is 1. The monoisotopic (exact) mass is 559 g/mol. The molecule has 1 saturated heterocycles. The number of likely N-dealkylation sites (tertiary alicyclic amines) is 1. The van der Waals surface area contributed by atoms with Gasteiger partial charge in [-0.3, -0.25) is 9.69 Å². The predicted molar refractivity (Wildman–Crippen MR) is 142 cm³/mol. The van der Waals surface area contributed by atoms with Crippen LogP contribution in [0.2, 0.25) is 5.02 Å². The second-order valence-electron chi connectivity index (χ2n) is 9.81. The molecule has 0 spiro atoms. The summed E-state index contributed by atoms with van der Waals surface area (Å²) in [6.07, 6.45) is -3.20. The van der Waals surface area contributed by atoms with E-state index in [0.29, 0.717) is 48.8 Å². The van der Waals surface area contributed by atoms with E-state index in [0.717, 1.165) is 29.0 Å². The minimum absolute atomic E-state index is 0.0588. The molecule has 3 aromatic rings. The molecule has 39 heavy (non-hydrogen) atoms. The number of amides is 1. The van der Waals surface area contributed by atoms with E-state index in [9.17, 15) is 18.0 Å². The molecule has 1 fully saturated rings. The Labute approximate surface area is 230 Å². The average Bonchev–Trinajstić information content (AvgIpc) is 3.55. The minimum Gasteiger partial charge on any atom is -0.454 e. The second kappa shape index (κ2) is 11.9. The molecule has 0 aromatic heterocycles. The van der Waals surface area contributed by atoms with E-state index in [1.807, 2.05) is 42.5 Å². The second-order valence-corrected chi connectivity index (χ2v) is 10.2. The Balaban J connectivity index is 1.21. The van der Waals surface area contributed by atoms with Crippen LogP contribution >= 0.6 is 11.6 Å². The van der Waals surface area contributed by atoms with Crippen LogP contribution in [0.15, 0.2) is 66.7 Å². The summed E-state index contributed by atoms with van der Waals surface area (Å²) in [6, 6.07) is 18.1. The van der Waals surface area contributed by atoms with Crippen molar-refractivity contribution < 1.29 is 27.4 Å². The largest absolute Gasteiger partial charge is 0.454 e. The summed E-state index contributed by atoms with van der Waals surface area (Å²) >= 11 is 6.04. The van der Waals surface area contributed by atoms with Crippen LogP contribution in [0, 0.1) is 0 Å². The zero-order valence-corrected chi connectivity index (χ0v) is 21.9. The molecule has 2 N–H and O–H groups in total. The van der Waals surface area contributed by atoms with Gasteiger partial charge in [-0.1, -0.05) is 48.0 Å². The van der Waals surface area contributed by atoms with E-state index < -0.39 is 11.7 Å². The predicted octanol–water partition coefficient (Wildman–Crippen LogP) is 5.18. The fourth-order valence-electron chi connectivity index (χ4n) is 4.99. The lowest BCUT2D eigenvalue weighted by Gasteiger charge is -2.23. The van der Waals surface area contributed by atoms with Crippen LogP contribution in [-0.4, -0.2) is 42.8 Å². The minimum atomic E-state index is -4.39. The number of nitrogens with one attached hydrogen (secondary N) is 2. The molecule has 0 radical (unpaired) electrons. The topological polar surface area (TPSA) is 62.8 Å². The first-order valence-electron chi connectivity index (χ1n) is 12.8. The van der Waals surface area contributed by atoms with Crippen LogP contribution in [0.25, 0.3) is 0 Å². The third-order valence-electron chi connectivity index (χ3n) is 7.00. The van der Waals surface area contributed by atoms with Gasteiger partial charge in [0, 0.05) is 37.2 Å². The van der Waals surface area contributed by atoms with Crippen molar-refractivity contribution in [2.45, 2.75) is 44.2 Å². The Kier molecular flexibility index (Phi) is 8.30. The average molecular weight is 560 g/mol. The highest BCUT2D eigenvalue weighted by Crippen LogP contribution is 2.33. The van der Waals surface area contributed by atoms with Crippen molar-refractivity contribution in [2.24, 2.45) is 0 Å². The van der Waals surface area contributed by atoms with Gasteiger partial charge in [0.1, 0.15) is 0 Å². The maximum Gasteiger partial charge on any atom is 0.416 e. The molecule has 206 valence electrons. The van der Waals surface area contributed by atoms with Gasteiger partial charge in [0.05, 0.1) is 11.6 Å². The fourth-order valence-corrected chi connectivity index (χ4v) is 5.11. The molecule has 5 rings (SSSR count). The van der Waals surface area contributed by atoms with Gasteiger partial charge in [0.25, 0.3) is 0 Å². The van der Waals surface area contributed by atoms with E-state index in [-0.39, 0.29) is 31.3 Å². The number of carbonyl (C=O) groups is 1. The maximum atomic E-state index is 13.3. The van der Waals surface area contributed by atoms with Crippen molar-refractivity contribution in [3.8, 4) is 11.5 Å². The van der Waals surface area contributed by atoms with Gasteiger partial charge in [-0.25, -0.2) is 0 Å². The first-order valence-corrected chi connectivity index (χ1v) is 13.2. The number of alkyl halides is 3. The lowest BCUT2D eigenvalue weighted by Crippen LogP contribution is -2.43. The number of benzene rings is 3. The normalized spacial score (nSPS) is 18.9. The van der Waals surface area contributed by atoms with E-state index in [2.05, 4.69) is 15.5 Å². The summed E-state index contributed by atoms with van der Waals surface area (Å²) in [5, 5.41) is 7.05. The van der Waals surface area contributed by atoms with E-state index in [4.69, 9.17) is 21.1 Å². The molecular weight excluding hydrogens is 531 g/mol. The number of hydrogen-bond donors (Lipinski definition) is 2. The van der Waals surface area contributed by atoms with Crippen molar-refractivity contribution in [3.05, 3.63) is 94.0 Å². The highest BCUT2D eigenvalue weighted by atomic mass is 35.5. The molecule has 1 amide bonds. The smallest absolute Gasteiger partial charge is 0.416 e. The third-order valence-corrected chi connectivity index (χ3v) is 7.26. The Bertz CT molecular complexity index is 1300. The number of rotatable bonds is 9. The van der Waals surface area contributed by atoms with Gasteiger partial charge in [-0.05, 0) is 59.9 Å². The van der Waals surface area contributed by atoms with Crippen molar-refractivity contribution in [2.75, 3.05) is 19.9 Å². The SMILES string of the molecule is O=C(NCCc1ccc2c(c1)OCO2)[C@@H]1C[C@H](NCc2cccc(C(F)(F)F)c2)CN1Cc1ccc(Cl)cc1. The van der Waals surface area contributed by atoms with E-state index in [1.54, 1.807) is 6.07 Å². The van der Waals surface area contributed by atoms with Crippen molar-refractivity contribution in [1.29, 1.82) is 0 Å². The lowest BCUT2D eigenvalue weighted by atomic mass is 10.1. The summed E-state index contributed by atoms with van der Waals surface area (Å²) in [6.45, 7) is 2.10. The zero-order valence-electron chi connectivity index (χ0n) is 21.1. The summed E-state index contributed by atoms with van der Waals surface area (Å²) in [7, 11) is 0. The van der Waals surface area contributed by atoms with E-state index >= 15 is 0 Å². The zero-order chi connectivity index (χ0) is 27.4. The highest BCUT2D eigenvalue weighted by Gasteiger charge is 2.36. The molecule has 10 heteroatoms. The molecule has 0 bridgehead atoms. The van der Waals surface area contributed by atoms with Crippen LogP contribution < -0.4 is 20.1 Å². The quantitative estimate of drug-likeness (QED) is 0.378. The molecule has 2 aliphatic rings. The van der Waals surface area contributed by atoms with Gasteiger partial charge in [-0.2, -0.15) is 13.2 Å².